The highest BCUT2D eigenvalue weighted by atomic mass is 16.2. The predicted molar refractivity (Wildman–Crippen MR) is 49.2 cm³/mol. The second kappa shape index (κ2) is 3.77. The molecule has 1 aliphatic heterocycles. The average Bonchev–Trinajstić information content (AvgIpc) is 2.03. The molecule has 1 rings (SSSR count). The molecule has 3 amide bonds. The number of nitrogens with zero attached hydrogens (tertiary/aromatic N) is 1. The largest absolute Gasteiger partial charge is 0.334 e. The second-order valence-electron chi connectivity index (χ2n) is 3.64. The topological polar surface area (TPSA) is 49.4 Å². The molecular weight excluding hydrogens is 168 g/mol. The van der Waals surface area contributed by atoms with Crippen LogP contribution in [0.3, 0.4) is 0 Å². The van der Waals surface area contributed by atoms with E-state index >= 15 is 0 Å². The number of carbonyl (C=O) groups is 2. The van der Waals surface area contributed by atoms with Gasteiger partial charge in [0.15, 0.2) is 0 Å². The summed E-state index contributed by atoms with van der Waals surface area (Å²) in [6.07, 6.45) is 0.428. The van der Waals surface area contributed by atoms with E-state index < -0.39 is 0 Å². The summed E-state index contributed by atoms with van der Waals surface area (Å²) in [6.45, 7) is 6.25. The number of rotatable bonds is 2. The van der Waals surface area contributed by atoms with Crippen LogP contribution < -0.4 is 5.32 Å². The standard InChI is InChI=1S/C9H16N2O2/c1-4-11-8(12)5-7(6(2)3)10-9(11)13/h6-7H,4-5H2,1-3H3,(H,10,13). The minimum atomic E-state index is -0.252. The summed E-state index contributed by atoms with van der Waals surface area (Å²) in [5.74, 6) is 0.247. The van der Waals surface area contributed by atoms with Crippen LogP contribution in [0, 0.1) is 5.92 Å². The van der Waals surface area contributed by atoms with Crippen LogP contribution in [-0.4, -0.2) is 29.4 Å². The fraction of sp³-hybridized carbons (Fsp3) is 0.778. The normalized spacial score (nSPS) is 23.7. The second-order valence-corrected chi connectivity index (χ2v) is 3.64. The van der Waals surface area contributed by atoms with E-state index in [0.717, 1.165) is 0 Å². The molecule has 1 heterocycles. The van der Waals surface area contributed by atoms with Crippen molar-refractivity contribution in [3.63, 3.8) is 0 Å². The molecule has 13 heavy (non-hydrogen) atoms. The van der Waals surface area contributed by atoms with E-state index in [2.05, 4.69) is 5.32 Å². The van der Waals surface area contributed by atoms with Gasteiger partial charge in [0.25, 0.3) is 0 Å². The molecule has 0 aromatic carbocycles. The molecule has 4 heteroatoms. The number of hydrogen-bond acceptors (Lipinski definition) is 2. The first-order valence-electron chi connectivity index (χ1n) is 4.67. The van der Waals surface area contributed by atoms with Crippen molar-refractivity contribution in [3.8, 4) is 0 Å². The summed E-state index contributed by atoms with van der Waals surface area (Å²) in [5, 5.41) is 2.81. The van der Waals surface area contributed by atoms with Gasteiger partial charge >= 0.3 is 6.03 Å². The minimum Gasteiger partial charge on any atom is -0.334 e. The third kappa shape index (κ3) is 1.99. The van der Waals surface area contributed by atoms with E-state index in [1.807, 2.05) is 13.8 Å². The molecule has 1 saturated heterocycles. The van der Waals surface area contributed by atoms with Crippen LogP contribution in [0.4, 0.5) is 4.79 Å². The number of nitrogens with one attached hydrogen (secondary N) is 1. The lowest BCUT2D eigenvalue weighted by atomic mass is 9.99. The van der Waals surface area contributed by atoms with Crippen LogP contribution in [0.1, 0.15) is 27.2 Å². The van der Waals surface area contributed by atoms with Gasteiger partial charge in [-0.05, 0) is 12.8 Å². The smallest absolute Gasteiger partial charge is 0.324 e. The summed E-state index contributed by atoms with van der Waals surface area (Å²) in [7, 11) is 0. The summed E-state index contributed by atoms with van der Waals surface area (Å²) in [5.41, 5.74) is 0. The van der Waals surface area contributed by atoms with E-state index in [9.17, 15) is 9.59 Å². The molecule has 0 spiro atoms. The zero-order valence-corrected chi connectivity index (χ0v) is 8.33. The van der Waals surface area contributed by atoms with Crippen LogP contribution in [0.2, 0.25) is 0 Å². The lowest BCUT2D eigenvalue weighted by molar-refractivity contribution is -0.130. The Morgan fingerprint density at radius 2 is 2.15 bits per heavy atom. The Balaban J connectivity index is 2.67. The molecule has 1 N–H and O–H groups in total. The first-order chi connectivity index (χ1) is 6.06. The molecular formula is C9H16N2O2. The molecule has 0 radical (unpaired) electrons. The van der Waals surface area contributed by atoms with Crippen LogP contribution >= 0.6 is 0 Å². The molecule has 74 valence electrons. The molecule has 1 fully saturated rings. The maximum Gasteiger partial charge on any atom is 0.324 e. The van der Waals surface area contributed by atoms with E-state index in [1.54, 1.807) is 6.92 Å². The monoisotopic (exact) mass is 184 g/mol. The summed E-state index contributed by atoms with van der Waals surface area (Å²) >= 11 is 0. The van der Waals surface area contributed by atoms with Crippen molar-refractivity contribution in [2.24, 2.45) is 5.92 Å². The van der Waals surface area contributed by atoms with Crippen LogP contribution in [0.15, 0.2) is 0 Å². The number of urea groups is 1. The average molecular weight is 184 g/mol. The quantitative estimate of drug-likeness (QED) is 0.695. The van der Waals surface area contributed by atoms with Crippen molar-refractivity contribution >= 4 is 11.9 Å². The Morgan fingerprint density at radius 3 is 2.54 bits per heavy atom. The third-order valence-electron chi connectivity index (χ3n) is 2.37. The highest BCUT2D eigenvalue weighted by Gasteiger charge is 2.31. The van der Waals surface area contributed by atoms with E-state index in [-0.39, 0.29) is 18.0 Å². The summed E-state index contributed by atoms with van der Waals surface area (Å²) < 4.78 is 0. The van der Waals surface area contributed by atoms with Crippen molar-refractivity contribution in [1.82, 2.24) is 10.2 Å². The Kier molecular flexibility index (Phi) is 2.90. The summed E-state index contributed by atoms with van der Waals surface area (Å²) in [6, 6.07) is -0.250. The van der Waals surface area contributed by atoms with Gasteiger partial charge in [-0.15, -0.1) is 0 Å². The van der Waals surface area contributed by atoms with Crippen molar-refractivity contribution < 1.29 is 9.59 Å². The van der Waals surface area contributed by atoms with Gasteiger partial charge in [-0.25, -0.2) is 4.79 Å². The van der Waals surface area contributed by atoms with Gasteiger partial charge < -0.3 is 5.32 Å². The number of carbonyl (C=O) groups excluding carboxylic acids is 2. The molecule has 4 nitrogen and oxygen atoms in total. The molecule has 0 aromatic rings. The SMILES string of the molecule is CCN1C(=O)CC(C(C)C)NC1=O. The first-order valence-corrected chi connectivity index (χ1v) is 4.67. The molecule has 0 aromatic heterocycles. The molecule has 0 saturated carbocycles. The van der Waals surface area contributed by atoms with Gasteiger partial charge in [-0.1, -0.05) is 13.8 Å². The predicted octanol–water partition coefficient (Wildman–Crippen LogP) is 0.973. The first kappa shape index (κ1) is 10.0. The maximum absolute atomic E-state index is 11.4. The van der Waals surface area contributed by atoms with E-state index in [4.69, 9.17) is 0 Å². The molecule has 0 bridgehead atoms. The molecule has 1 unspecified atom stereocenters. The Hall–Kier alpha value is -1.06. The molecule has 1 aliphatic rings. The van der Waals surface area contributed by atoms with Gasteiger partial charge in [0.05, 0.1) is 0 Å². The highest BCUT2D eigenvalue weighted by molar-refractivity contribution is 5.97. The maximum atomic E-state index is 11.4. The zero-order chi connectivity index (χ0) is 10.0. The van der Waals surface area contributed by atoms with Crippen molar-refractivity contribution in [3.05, 3.63) is 0 Å². The van der Waals surface area contributed by atoms with Gasteiger partial charge in [0.1, 0.15) is 0 Å². The number of hydrogen-bond donors (Lipinski definition) is 1. The van der Waals surface area contributed by atoms with Gasteiger partial charge in [0, 0.05) is 19.0 Å². The molecule has 0 aliphatic carbocycles. The van der Waals surface area contributed by atoms with Gasteiger partial charge in [-0.2, -0.15) is 0 Å². The van der Waals surface area contributed by atoms with Gasteiger partial charge in [0.2, 0.25) is 5.91 Å². The van der Waals surface area contributed by atoms with Crippen LogP contribution in [0.25, 0.3) is 0 Å². The highest BCUT2D eigenvalue weighted by Crippen LogP contribution is 2.13. The molecule has 1 atom stereocenters. The fourth-order valence-corrected chi connectivity index (χ4v) is 1.42. The van der Waals surface area contributed by atoms with E-state index in [1.165, 1.54) is 4.90 Å². The Morgan fingerprint density at radius 1 is 1.54 bits per heavy atom. The van der Waals surface area contributed by atoms with Crippen LogP contribution in [-0.2, 0) is 4.79 Å². The lowest BCUT2D eigenvalue weighted by Gasteiger charge is -2.32. The summed E-state index contributed by atoms with van der Waals surface area (Å²) in [4.78, 5) is 24.0. The zero-order valence-electron chi connectivity index (χ0n) is 8.33. The third-order valence-corrected chi connectivity index (χ3v) is 2.37. The number of amides is 3. The number of imide groups is 1. The fourth-order valence-electron chi connectivity index (χ4n) is 1.42. The lowest BCUT2D eigenvalue weighted by Crippen LogP contribution is -2.56. The van der Waals surface area contributed by atoms with Crippen molar-refractivity contribution in [2.45, 2.75) is 33.2 Å². The minimum absolute atomic E-state index is 0.00259. The van der Waals surface area contributed by atoms with Crippen molar-refractivity contribution in [2.75, 3.05) is 6.54 Å². The Bertz CT molecular complexity index is 208. The van der Waals surface area contributed by atoms with Crippen molar-refractivity contribution in [1.29, 1.82) is 0 Å². The van der Waals surface area contributed by atoms with E-state index in [0.29, 0.717) is 18.9 Å². The van der Waals surface area contributed by atoms with Crippen LogP contribution in [0.5, 0.6) is 0 Å². The Labute approximate surface area is 78.3 Å². The van der Waals surface area contributed by atoms with Gasteiger partial charge in [-0.3, -0.25) is 9.69 Å².